The van der Waals surface area contributed by atoms with Gasteiger partial charge in [0, 0.05) is 12.1 Å². The average Bonchev–Trinajstić information content (AvgIpc) is 2.32. The highest BCUT2D eigenvalue weighted by Crippen LogP contribution is 2.49. The molecule has 0 bridgehead atoms. The average molecular weight is 325 g/mol. The van der Waals surface area contributed by atoms with Crippen molar-refractivity contribution in [1.29, 1.82) is 5.26 Å². The van der Waals surface area contributed by atoms with E-state index in [-0.39, 0.29) is 10.7 Å². The van der Waals surface area contributed by atoms with E-state index < -0.39 is 36.0 Å². The van der Waals surface area contributed by atoms with E-state index in [1.54, 1.807) is 6.07 Å². The fourth-order valence-electron chi connectivity index (χ4n) is 1.45. The SMILES string of the molecule is N#CCC(=O)Nc1cc2c(cc1Cl)OC(F)(F)C(F)(F)O2. The Bertz CT molecular complexity index is 645. The van der Waals surface area contributed by atoms with Crippen molar-refractivity contribution in [2.24, 2.45) is 0 Å². The summed E-state index contributed by atoms with van der Waals surface area (Å²) in [5, 5.41) is 10.2. The minimum absolute atomic E-state index is 0.180. The standard InChI is InChI=1S/C11H5ClF4N2O3/c12-5-3-7-8(4-6(5)18-9(19)1-2-17)21-11(15,16)10(13,14)20-7/h3-4H,1H2,(H,18,19). The Balaban J connectivity index is 2.36. The number of benzene rings is 1. The number of fused-ring (bicyclic) bond motifs is 1. The molecule has 0 radical (unpaired) electrons. The van der Waals surface area contributed by atoms with E-state index in [2.05, 4.69) is 14.8 Å². The molecule has 1 aliphatic rings. The van der Waals surface area contributed by atoms with E-state index in [9.17, 15) is 22.4 Å². The van der Waals surface area contributed by atoms with Crippen molar-refractivity contribution in [2.45, 2.75) is 18.6 Å². The highest BCUT2D eigenvalue weighted by Gasteiger charge is 2.66. The Kier molecular flexibility index (Phi) is 3.59. The summed E-state index contributed by atoms with van der Waals surface area (Å²) in [5.41, 5.74) is -0.180. The minimum Gasteiger partial charge on any atom is -0.421 e. The topological polar surface area (TPSA) is 71.4 Å². The third-order valence-electron chi connectivity index (χ3n) is 2.36. The van der Waals surface area contributed by atoms with Gasteiger partial charge in [-0.3, -0.25) is 4.79 Å². The number of nitriles is 1. The van der Waals surface area contributed by atoms with Crippen LogP contribution < -0.4 is 14.8 Å². The first-order valence-corrected chi connectivity index (χ1v) is 5.68. The maximum Gasteiger partial charge on any atom is 0.507 e. The minimum atomic E-state index is -4.87. The molecule has 0 spiro atoms. The molecular weight excluding hydrogens is 320 g/mol. The van der Waals surface area contributed by atoms with Crippen molar-refractivity contribution in [3.8, 4) is 17.6 Å². The van der Waals surface area contributed by atoms with E-state index in [1.807, 2.05) is 0 Å². The van der Waals surface area contributed by atoms with Crippen molar-refractivity contribution < 1.29 is 31.8 Å². The third-order valence-corrected chi connectivity index (χ3v) is 2.67. The zero-order chi connectivity index (χ0) is 15.8. The maximum atomic E-state index is 13.0. The van der Waals surface area contributed by atoms with Crippen LogP contribution in [0.2, 0.25) is 5.02 Å². The molecule has 112 valence electrons. The summed E-state index contributed by atoms with van der Waals surface area (Å²) in [6, 6.07) is 3.16. The Labute approximate surface area is 120 Å². The fraction of sp³-hybridized carbons (Fsp3) is 0.273. The lowest BCUT2D eigenvalue weighted by Crippen LogP contribution is -2.52. The van der Waals surface area contributed by atoms with Crippen LogP contribution in [0.15, 0.2) is 12.1 Å². The molecule has 1 aromatic rings. The molecule has 0 aliphatic carbocycles. The zero-order valence-electron chi connectivity index (χ0n) is 9.92. The lowest BCUT2D eigenvalue weighted by molar-refractivity contribution is -0.391. The molecule has 1 N–H and O–H groups in total. The number of nitrogens with zero attached hydrogens (tertiary/aromatic N) is 1. The summed E-state index contributed by atoms with van der Waals surface area (Å²) in [5.74, 6) is -2.18. The number of alkyl halides is 4. The van der Waals surface area contributed by atoms with E-state index in [0.29, 0.717) is 0 Å². The van der Waals surface area contributed by atoms with Gasteiger partial charge in [-0.05, 0) is 0 Å². The second-order valence-electron chi connectivity index (χ2n) is 3.90. The van der Waals surface area contributed by atoms with E-state index >= 15 is 0 Å². The van der Waals surface area contributed by atoms with Gasteiger partial charge in [0.15, 0.2) is 11.5 Å². The molecule has 1 aliphatic heterocycles. The van der Waals surface area contributed by atoms with Gasteiger partial charge in [0.2, 0.25) is 5.91 Å². The Morgan fingerprint density at radius 1 is 1.24 bits per heavy atom. The second-order valence-corrected chi connectivity index (χ2v) is 4.31. The molecule has 5 nitrogen and oxygen atoms in total. The summed E-state index contributed by atoms with van der Waals surface area (Å²) in [6.45, 7) is 0. The summed E-state index contributed by atoms with van der Waals surface area (Å²) >= 11 is 5.70. The molecule has 0 unspecified atom stereocenters. The number of hydrogen-bond acceptors (Lipinski definition) is 4. The van der Waals surface area contributed by atoms with Crippen LogP contribution in [0.4, 0.5) is 23.2 Å². The molecule has 0 saturated carbocycles. The van der Waals surface area contributed by atoms with Crippen molar-refractivity contribution in [3.05, 3.63) is 17.2 Å². The number of carbonyl (C=O) groups is 1. The Morgan fingerprint density at radius 2 is 1.76 bits per heavy atom. The maximum absolute atomic E-state index is 13.0. The molecule has 2 rings (SSSR count). The lowest BCUT2D eigenvalue weighted by Gasteiger charge is -2.32. The van der Waals surface area contributed by atoms with Crippen molar-refractivity contribution >= 4 is 23.2 Å². The van der Waals surface area contributed by atoms with E-state index in [1.165, 1.54) is 0 Å². The monoisotopic (exact) mass is 324 g/mol. The van der Waals surface area contributed by atoms with Crippen LogP contribution in [0.1, 0.15) is 6.42 Å². The molecule has 1 aromatic carbocycles. The van der Waals surface area contributed by atoms with Crippen molar-refractivity contribution in [2.75, 3.05) is 5.32 Å². The molecule has 0 aromatic heterocycles. The molecule has 0 fully saturated rings. The predicted molar refractivity (Wildman–Crippen MR) is 61.5 cm³/mol. The predicted octanol–water partition coefficient (Wildman–Crippen LogP) is 3.15. The normalized spacial score (nSPS) is 17.7. The summed E-state index contributed by atoms with van der Waals surface area (Å²) in [4.78, 5) is 11.2. The largest absolute Gasteiger partial charge is 0.507 e. The molecule has 1 amide bonds. The van der Waals surface area contributed by atoms with Gasteiger partial charge in [-0.25, -0.2) is 0 Å². The number of amides is 1. The first-order chi connectivity index (χ1) is 9.66. The van der Waals surface area contributed by atoms with Gasteiger partial charge in [-0.2, -0.15) is 22.8 Å². The van der Waals surface area contributed by atoms with Crippen LogP contribution in [0.3, 0.4) is 0 Å². The van der Waals surface area contributed by atoms with Gasteiger partial charge in [0.1, 0.15) is 6.42 Å². The van der Waals surface area contributed by atoms with Gasteiger partial charge in [-0.15, -0.1) is 0 Å². The Hall–Kier alpha value is -2.21. The number of hydrogen-bond donors (Lipinski definition) is 1. The second kappa shape index (κ2) is 4.96. The van der Waals surface area contributed by atoms with Crippen LogP contribution in [0, 0.1) is 11.3 Å². The van der Waals surface area contributed by atoms with E-state index in [4.69, 9.17) is 16.9 Å². The Morgan fingerprint density at radius 3 is 2.29 bits per heavy atom. The first kappa shape index (κ1) is 15.2. The van der Waals surface area contributed by atoms with Crippen LogP contribution >= 0.6 is 11.6 Å². The lowest BCUT2D eigenvalue weighted by atomic mass is 10.2. The number of anilines is 1. The molecular formula is C11H5ClF4N2O3. The zero-order valence-corrected chi connectivity index (χ0v) is 10.7. The van der Waals surface area contributed by atoms with Crippen LogP contribution in [-0.2, 0) is 4.79 Å². The van der Waals surface area contributed by atoms with E-state index in [0.717, 1.165) is 12.1 Å². The number of halogens is 5. The van der Waals surface area contributed by atoms with Crippen LogP contribution in [0.5, 0.6) is 11.5 Å². The van der Waals surface area contributed by atoms with Gasteiger partial charge >= 0.3 is 12.2 Å². The molecule has 0 atom stereocenters. The molecule has 0 saturated heterocycles. The highest BCUT2D eigenvalue weighted by atomic mass is 35.5. The highest BCUT2D eigenvalue weighted by molar-refractivity contribution is 6.34. The van der Waals surface area contributed by atoms with Gasteiger partial charge in [-0.1, -0.05) is 11.6 Å². The summed E-state index contributed by atoms with van der Waals surface area (Å²) < 4.78 is 59.7. The van der Waals surface area contributed by atoms with Gasteiger partial charge < -0.3 is 14.8 Å². The quantitative estimate of drug-likeness (QED) is 0.848. The first-order valence-electron chi connectivity index (χ1n) is 5.30. The van der Waals surface area contributed by atoms with Crippen molar-refractivity contribution in [3.63, 3.8) is 0 Å². The van der Waals surface area contributed by atoms with Gasteiger partial charge in [0.25, 0.3) is 0 Å². The summed E-state index contributed by atoms with van der Waals surface area (Å²) in [7, 11) is 0. The molecule has 1 heterocycles. The van der Waals surface area contributed by atoms with Crippen molar-refractivity contribution in [1.82, 2.24) is 0 Å². The van der Waals surface area contributed by atoms with Crippen LogP contribution in [-0.4, -0.2) is 18.1 Å². The number of nitrogens with one attached hydrogen (secondary N) is 1. The number of rotatable bonds is 2. The summed E-state index contributed by atoms with van der Waals surface area (Å²) in [6.07, 6.45) is -10.2. The molecule has 21 heavy (non-hydrogen) atoms. The fourth-order valence-corrected chi connectivity index (χ4v) is 1.65. The molecule has 10 heteroatoms. The smallest absolute Gasteiger partial charge is 0.421 e. The number of ether oxygens (including phenoxy) is 2. The number of carbonyl (C=O) groups excluding carboxylic acids is 1. The third kappa shape index (κ3) is 2.80. The van der Waals surface area contributed by atoms with Crippen LogP contribution in [0.25, 0.3) is 0 Å². The van der Waals surface area contributed by atoms with Gasteiger partial charge in [0.05, 0.1) is 16.8 Å².